The van der Waals surface area contributed by atoms with Crippen LogP contribution in [0.1, 0.15) is 23.6 Å². The first-order valence-corrected chi connectivity index (χ1v) is 9.33. The molecule has 0 radical (unpaired) electrons. The maximum absolute atomic E-state index is 13.3. The Bertz CT molecular complexity index is 860. The second-order valence-corrected chi connectivity index (χ2v) is 6.94. The number of hydrogen-bond acceptors (Lipinski definition) is 3. The number of nitrogens with one attached hydrogen (secondary N) is 1. The minimum Gasteiger partial charge on any atom is -0.369 e. The second kappa shape index (κ2) is 8.31. The average molecular weight is 362 g/mol. The second-order valence-electron chi connectivity index (χ2n) is 6.94. The quantitative estimate of drug-likeness (QED) is 0.816. The molecule has 0 spiro atoms. The van der Waals surface area contributed by atoms with Crippen LogP contribution in [0.2, 0.25) is 0 Å². The smallest absolute Gasteiger partial charge is 0.124 e. The highest BCUT2D eigenvalue weighted by molar-refractivity contribution is 5.86. The van der Waals surface area contributed by atoms with Crippen molar-refractivity contribution in [1.82, 2.24) is 5.32 Å². The van der Waals surface area contributed by atoms with Crippen LogP contribution in [0.15, 0.2) is 83.9 Å². The van der Waals surface area contributed by atoms with Crippen molar-refractivity contribution in [2.75, 3.05) is 6.61 Å². The zero-order chi connectivity index (χ0) is 18.5. The molecular formula is C23H23FN2O. The van der Waals surface area contributed by atoms with E-state index in [9.17, 15) is 4.39 Å². The van der Waals surface area contributed by atoms with E-state index in [-0.39, 0.29) is 17.9 Å². The van der Waals surface area contributed by atoms with Crippen LogP contribution < -0.4 is 5.32 Å². The lowest BCUT2D eigenvalue weighted by atomic mass is 9.86. The molecule has 2 aromatic carbocycles. The van der Waals surface area contributed by atoms with Crippen molar-refractivity contribution in [3.63, 3.8) is 0 Å². The Morgan fingerprint density at radius 2 is 1.93 bits per heavy atom. The molecule has 3 atom stereocenters. The summed E-state index contributed by atoms with van der Waals surface area (Å²) in [6.45, 7) is 0.758. The predicted molar refractivity (Wildman–Crippen MR) is 106 cm³/mol. The number of amidine groups is 1. The molecule has 0 saturated heterocycles. The molecule has 0 fully saturated rings. The van der Waals surface area contributed by atoms with Gasteiger partial charge in [-0.1, -0.05) is 66.8 Å². The number of rotatable bonds is 6. The van der Waals surface area contributed by atoms with Gasteiger partial charge in [0, 0.05) is 5.92 Å². The van der Waals surface area contributed by atoms with Gasteiger partial charge in [0.2, 0.25) is 0 Å². The standard InChI is InChI=1S/C23H23FN2O/c24-20-13-7-8-17(14-20)15-27-16-21-25-22(18-9-3-1-4-10-18)23(26-21)19-11-5-2-6-12-19/h1-11,13-14,19,22-23H,12,15-16H2,(H,25,26)/t19?,22-,23+/m1/s1. The monoisotopic (exact) mass is 362 g/mol. The Labute approximate surface area is 159 Å². The fraction of sp³-hybridized carbons (Fsp3) is 0.261. The molecule has 2 aromatic rings. The lowest BCUT2D eigenvalue weighted by Gasteiger charge is -2.26. The summed E-state index contributed by atoms with van der Waals surface area (Å²) >= 11 is 0. The van der Waals surface area contributed by atoms with Crippen molar-refractivity contribution in [2.45, 2.75) is 25.1 Å². The molecule has 1 heterocycles. The molecule has 3 nitrogen and oxygen atoms in total. The maximum atomic E-state index is 13.3. The normalized spacial score (nSPS) is 23.9. The van der Waals surface area contributed by atoms with Gasteiger partial charge in [0.15, 0.2) is 0 Å². The van der Waals surface area contributed by atoms with E-state index in [0.717, 1.165) is 17.8 Å². The summed E-state index contributed by atoms with van der Waals surface area (Å²) < 4.78 is 19.1. The lowest BCUT2D eigenvalue weighted by Crippen LogP contribution is -2.39. The third-order valence-corrected chi connectivity index (χ3v) is 4.98. The van der Waals surface area contributed by atoms with E-state index in [1.807, 2.05) is 12.1 Å². The molecule has 4 heteroatoms. The van der Waals surface area contributed by atoms with Gasteiger partial charge in [-0.3, -0.25) is 4.99 Å². The Morgan fingerprint density at radius 3 is 2.70 bits per heavy atom. The average Bonchev–Trinajstić information content (AvgIpc) is 3.14. The summed E-state index contributed by atoms with van der Waals surface area (Å²) in [6, 6.07) is 17.2. The van der Waals surface area contributed by atoms with Gasteiger partial charge in [-0.15, -0.1) is 0 Å². The van der Waals surface area contributed by atoms with Crippen molar-refractivity contribution < 1.29 is 9.13 Å². The van der Waals surface area contributed by atoms with Gasteiger partial charge in [-0.05, 0) is 29.7 Å². The summed E-state index contributed by atoms with van der Waals surface area (Å²) in [5.41, 5.74) is 2.03. The van der Waals surface area contributed by atoms with E-state index in [1.165, 1.54) is 17.7 Å². The van der Waals surface area contributed by atoms with Gasteiger partial charge in [0.25, 0.3) is 0 Å². The molecule has 1 unspecified atom stereocenters. The Hall–Kier alpha value is -2.72. The highest BCUT2D eigenvalue weighted by atomic mass is 19.1. The number of halogens is 1. The molecular weight excluding hydrogens is 339 g/mol. The summed E-state index contributed by atoms with van der Waals surface area (Å²) in [5, 5.41) is 3.57. The van der Waals surface area contributed by atoms with Gasteiger partial charge in [0.05, 0.1) is 18.7 Å². The van der Waals surface area contributed by atoms with E-state index in [2.05, 4.69) is 53.9 Å². The van der Waals surface area contributed by atoms with Crippen LogP contribution in [0.5, 0.6) is 0 Å². The third-order valence-electron chi connectivity index (χ3n) is 4.98. The van der Waals surface area contributed by atoms with Crippen LogP contribution in [0.25, 0.3) is 0 Å². The zero-order valence-corrected chi connectivity index (χ0v) is 15.1. The van der Waals surface area contributed by atoms with Crippen LogP contribution in [0, 0.1) is 11.7 Å². The SMILES string of the molecule is Fc1cccc(COCC2=N[C@H](c3ccccc3)[C@H](C3C=CC=CC3)N2)c1. The van der Waals surface area contributed by atoms with Crippen LogP contribution in [0.3, 0.4) is 0 Å². The Balaban J connectivity index is 1.44. The van der Waals surface area contributed by atoms with E-state index in [0.29, 0.717) is 19.1 Å². The molecule has 27 heavy (non-hydrogen) atoms. The molecule has 0 amide bonds. The molecule has 0 bridgehead atoms. The van der Waals surface area contributed by atoms with Crippen molar-refractivity contribution >= 4 is 5.84 Å². The van der Waals surface area contributed by atoms with Gasteiger partial charge in [-0.2, -0.15) is 0 Å². The van der Waals surface area contributed by atoms with Crippen molar-refractivity contribution in [3.05, 3.63) is 95.8 Å². The number of ether oxygens (including phenoxy) is 1. The fourth-order valence-corrected chi connectivity index (χ4v) is 3.67. The Kier molecular flexibility index (Phi) is 5.45. The molecule has 2 aliphatic rings. The van der Waals surface area contributed by atoms with Crippen LogP contribution in [-0.2, 0) is 11.3 Å². The minimum absolute atomic E-state index is 0.0696. The minimum atomic E-state index is -0.242. The predicted octanol–water partition coefficient (Wildman–Crippen LogP) is 4.59. The van der Waals surface area contributed by atoms with Crippen molar-refractivity contribution in [2.24, 2.45) is 10.9 Å². The summed E-state index contributed by atoms with van der Waals surface area (Å²) in [4.78, 5) is 4.91. The third kappa shape index (κ3) is 4.34. The molecule has 4 rings (SSSR count). The number of hydrogen-bond donors (Lipinski definition) is 1. The van der Waals surface area contributed by atoms with E-state index >= 15 is 0 Å². The Morgan fingerprint density at radius 1 is 1.04 bits per heavy atom. The van der Waals surface area contributed by atoms with Crippen molar-refractivity contribution in [3.8, 4) is 0 Å². The molecule has 0 saturated carbocycles. The number of nitrogens with zero attached hydrogens (tertiary/aromatic N) is 1. The first-order chi connectivity index (χ1) is 13.3. The zero-order valence-electron chi connectivity index (χ0n) is 15.1. The van der Waals surface area contributed by atoms with Crippen molar-refractivity contribution in [1.29, 1.82) is 0 Å². The molecule has 0 aromatic heterocycles. The lowest BCUT2D eigenvalue weighted by molar-refractivity contribution is 0.156. The molecule has 1 aliphatic carbocycles. The maximum Gasteiger partial charge on any atom is 0.124 e. The van der Waals surface area contributed by atoms with E-state index < -0.39 is 0 Å². The number of benzene rings is 2. The number of allylic oxidation sites excluding steroid dienone is 3. The van der Waals surface area contributed by atoms with Gasteiger partial charge in [-0.25, -0.2) is 4.39 Å². The van der Waals surface area contributed by atoms with Crippen LogP contribution in [-0.4, -0.2) is 18.5 Å². The largest absolute Gasteiger partial charge is 0.369 e. The number of aliphatic imine (C=N–C) groups is 1. The molecule has 1 N–H and O–H groups in total. The van der Waals surface area contributed by atoms with Crippen LogP contribution in [0.4, 0.5) is 4.39 Å². The van der Waals surface area contributed by atoms with E-state index in [4.69, 9.17) is 9.73 Å². The molecule has 1 aliphatic heterocycles. The summed E-state index contributed by atoms with van der Waals surface area (Å²) in [7, 11) is 0. The highest BCUT2D eigenvalue weighted by Crippen LogP contribution is 2.33. The van der Waals surface area contributed by atoms with Gasteiger partial charge < -0.3 is 10.1 Å². The summed E-state index contributed by atoms with van der Waals surface area (Å²) in [5.74, 6) is 1.01. The van der Waals surface area contributed by atoms with Gasteiger partial charge in [0.1, 0.15) is 18.3 Å². The topological polar surface area (TPSA) is 33.6 Å². The van der Waals surface area contributed by atoms with E-state index in [1.54, 1.807) is 6.07 Å². The van der Waals surface area contributed by atoms with Crippen LogP contribution >= 0.6 is 0 Å². The first kappa shape index (κ1) is 17.7. The van der Waals surface area contributed by atoms with Gasteiger partial charge >= 0.3 is 0 Å². The highest BCUT2D eigenvalue weighted by Gasteiger charge is 2.34. The fourth-order valence-electron chi connectivity index (χ4n) is 3.67. The summed E-state index contributed by atoms with van der Waals surface area (Å²) in [6.07, 6.45) is 9.65. The first-order valence-electron chi connectivity index (χ1n) is 9.33. The molecule has 138 valence electrons.